The molecular weight excluding hydrogens is 228 g/mol. The molecule has 2 rings (SSSR count). The lowest BCUT2D eigenvalue weighted by Gasteiger charge is -2.22. The largest absolute Gasteiger partial charge is 0.493 e. The smallest absolute Gasteiger partial charge is 0.168 e. The molecule has 1 aromatic rings. The van der Waals surface area contributed by atoms with E-state index in [4.69, 9.17) is 14.2 Å². The third-order valence-electron chi connectivity index (χ3n) is 3.25. The summed E-state index contributed by atoms with van der Waals surface area (Å²) in [6.45, 7) is 8.29. The molecule has 0 atom stereocenters. The summed E-state index contributed by atoms with van der Waals surface area (Å²) in [4.78, 5) is 0. The SMILES string of the molecule is CC(C)c1ccccc1OCCC1(C)OCCO1. The van der Waals surface area contributed by atoms with Gasteiger partial charge in [0.15, 0.2) is 5.79 Å². The van der Waals surface area contributed by atoms with Crippen LogP contribution in [0.5, 0.6) is 5.75 Å². The summed E-state index contributed by atoms with van der Waals surface area (Å²) < 4.78 is 17.0. The lowest BCUT2D eigenvalue weighted by Crippen LogP contribution is -2.28. The molecule has 1 aliphatic heterocycles. The minimum atomic E-state index is -0.466. The zero-order valence-corrected chi connectivity index (χ0v) is 11.4. The van der Waals surface area contributed by atoms with Crippen LogP contribution in [0.2, 0.25) is 0 Å². The number of benzene rings is 1. The molecule has 3 nitrogen and oxygen atoms in total. The van der Waals surface area contributed by atoms with Crippen molar-refractivity contribution < 1.29 is 14.2 Å². The summed E-state index contributed by atoms with van der Waals surface area (Å²) in [6.07, 6.45) is 0.749. The molecule has 100 valence electrons. The summed E-state index contributed by atoms with van der Waals surface area (Å²) in [5.74, 6) is 0.970. The maximum Gasteiger partial charge on any atom is 0.168 e. The van der Waals surface area contributed by atoms with Crippen molar-refractivity contribution in [1.29, 1.82) is 0 Å². The van der Waals surface area contributed by atoms with E-state index in [2.05, 4.69) is 19.9 Å². The molecule has 1 saturated heterocycles. The first-order chi connectivity index (χ1) is 8.61. The average molecular weight is 250 g/mol. The number of para-hydroxylation sites is 1. The second-order valence-corrected chi connectivity index (χ2v) is 5.12. The van der Waals surface area contributed by atoms with Gasteiger partial charge in [-0.2, -0.15) is 0 Å². The van der Waals surface area contributed by atoms with Gasteiger partial charge in [0.2, 0.25) is 0 Å². The quantitative estimate of drug-likeness (QED) is 0.802. The van der Waals surface area contributed by atoms with Crippen molar-refractivity contribution in [3.63, 3.8) is 0 Å². The van der Waals surface area contributed by atoms with Crippen LogP contribution in [-0.4, -0.2) is 25.6 Å². The van der Waals surface area contributed by atoms with E-state index in [1.807, 2.05) is 25.1 Å². The molecule has 1 aromatic carbocycles. The Labute approximate surface area is 109 Å². The Balaban J connectivity index is 1.90. The fourth-order valence-electron chi connectivity index (χ4n) is 2.14. The molecule has 0 saturated carbocycles. The molecule has 18 heavy (non-hydrogen) atoms. The van der Waals surface area contributed by atoms with Crippen molar-refractivity contribution in [1.82, 2.24) is 0 Å². The fraction of sp³-hybridized carbons (Fsp3) is 0.600. The molecule has 0 N–H and O–H groups in total. The topological polar surface area (TPSA) is 27.7 Å². The fourth-order valence-corrected chi connectivity index (χ4v) is 2.14. The minimum absolute atomic E-state index is 0.466. The molecule has 3 heteroatoms. The monoisotopic (exact) mass is 250 g/mol. The minimum Gasteiger partial charge on any atom is -0.493 e. The molecule has 0 radical (unpaired) electrons. The molecule has 1 heterocycles. The van der Waals surface area contributed by atoms with Gasteiger partial charge < -0.3 is 14.2 Å². The van der Waals surface area contributed by atoms with E-state index >= 15 is 0 Å². The van der Waals surface area contributed by atoms with Crippen LogP contribution in [0, 0.1) is 0 Å². The molecule has 0 bridgehead atoms. The highest BCUT2D eigenvalue weighted by atomic mass is 16.7. The Morgan fingerprint density at radius 2 is 1.89 bits per heavy atom. The maximum atomic E-state index is 5.87. The Hall–Kier alpha value is -1.06. The molecule has 1 fully saturated rings. The maximum absolute atomic E-state index is 5.87. The van der Waals surface area contributed by atoms with Gasteiger partial charge in [-0.1, -0.05) is 32.0 Å². The van der Waals surface area contributed by atoms with Gasteiger partial charge in [0.25, 0.3) is 0 Å². The Kier molecular flexibility index (Phi) is 4.25. The van der Waals surface area contributed by atoms with E-state index in [0.717, 1.165) is 12.2 Å². The van der Waals surface area contributed by atoms with E-state index in [1.54, 1.807) is 0 Å². The Morgan fingerprint density at radius 3 is 2.56 bits per heavy atom. The summed E-state index contributed by atoms with van der Waals surface area (Å²) in [6, 6.07) is 8.19. The van der Waals surface area contributed by atoms with Gasteiger partial charge in [-0.05, 0) is 24.5 Å². The van der Waals surface area contributed by atoms with Crippen molar-refractivity contribution in [3.05, 3.63) is 29.8 Å². The Morgan fingerprint density at radius 1 is 1.22 bits per heavy atom. The van der Waals surface area contributed by atoms with E-state index in [9.17, 15) is 0 Å². The number of hydrogen-bond acceptors (Lipinski definition) is 3. The summed E-state index contributed by atoms with van der Waals surface area (Å²) in [5, 5.41) is 0. The van der Waals surface area contributed by atoms with Gasteiger partial charge in [-0.25, -0.2) is 0 Å². The van der Waals surface area contributed by atoms with Crippen LogP contribution in [0.25, 0.3) is 0 Å². The van der Waals surface area contributed by atoms with Crippen LogP contribution in [0.3, 0.4) is 0 Å². The van der Waals surface area contributed by atoms with Crippen molar-refractivity contribution in [2.24, 2.45) is 0 Å². The van der Waals surface area contributed by atoms with Crippen molar-refractivity contribution in [2.75, 3.05) is 19.8 Å². The third-order valence-corrected chi connectivity index (χ3v) is 3.25. The van der Waals surface area contributed by atoms with Gasteiger partial charge in [0.05, 0.1) is 19.8 Å². The lowest BCUT2D eigenvalue weighted by molar-refractivity contribution is -0.150. The van der Waals surface area contributed by atoms with E-state index in [1.165, 1.54) is 5.56 Å². The van der Waals surface area contributed by atoms with Crippen LogP contribution in [-0.2, 0) is 9.47 Å². The number of hydrogen-bond donors (Lipinski definition) is 0. The van der Waals surface area contributed by atoms with Gasteiger partial charge in [-0.3, -0.25) is 0 Å². The first-order valence-electron chi connectivity index (χ1n) is 6.60. The predicted molar refractivity (Wildman–Crippen MR) is 71.0 cm³/mol. The highest BCUT2D eigenvalue weighted by molar-refractivity contribution is 5.35. The predicted octanol–water partition coefficient (Wildman–Crippen LogP) is 3.34. The third kappa shape index (κ3) is 3.24. The molecule has 0 unspecified atom stereocenters. The van der Waals surface area contributed by atoms with Gasteiger partial charge >= 0.3 is 0 Å². The summed E-state index contributed by atoms with van der Waals surface area (Å²) in [7, 11) is 0. The summed E-state index contributed by atoms with van der Waals surface area (Å²) in [5.41, 5.74) is 1.25. The first kappa shape index (κ1) is 13.4. The van der Waals surface area contributed by atoms with Gasteiger partial charge in [-0.15, -0.1) is 0 Å². The highest BCUT2D eigenvalue weighted by Gasteiger charge is 2.30. The molecule has 0 aliphatic carbocycles. The van der Waals surface area contributed by atoms with Crippen LogP contribution in [0.4, 0.5) is 0 Å². The van der Waals surface area contributed by atoms with E-state index in [0.29, 0.717) is 25.7 Å². The molecular formula is C15H22O3. The van der Waals surface area contributed by atoms with Crippen LogP contribution >= 0.6 is 0 Å². The second kappa shape index (κ2) is 5.72. The molecule has 1 aliphatic rings. The van der Waals surface area contributed by atoms with E-state index < -0.39 is 5.79 Å². The second-order valence-electron chi connectivity index (χ2n) is 5.12. The lowest BCUT2D eigenvalue weighted by atomic mass is 10.0. The normalized spacial score (nSPS) is 18.2. The highest BCUT2D eigenvalue weighted by Crippen LogP contribution is 2.27. The van der Waals surface area contributed by atoms with E-state index in [-0.39, 0.29) is 0 Å². The first-order valence-corrected chi connectivity index (χ1v) is 6.60. The average Bonchev–Trinajstić information content (AvgIpc) is 2.77. The summed E-state index contributed by atoms with van der Waals surface area (Å²) >= 11 is 0. The van der Waals surface area contributed by atoms with Crippen LogP contribution in [0.1, 0.15) is 38.7 Å². The number of ether oxygens (including phenoxy) is 3. The van der Waals surface area contributed by atoms with Crippen LogP contribution < -0.4 is 4.74 Å². The van der Waals surface area contributed by atoms with Crippen molar-refractivity contribution in [2.45, 2.75) is 38.9 Å². The molecule has 0 spiro atoms. The standard InChI is InChI=1S/C15H22O3/c1-12(2)13-6-4-5-7-14(13)16-9-8-15(3)17-10-11-18-15/h4-7,12H,8-11H2,1-3H3. The van der Waals surface area contributed by atoms with Crippen LogP contribution in [0.15, 0.2) is 24.3 Å². The zero-order valence-electron chi connectivity index (χ0n) is 11.4. The van der Waals surface area contributed by atoms with Crippen molar-refractivity contribution in [3.8, 4) is 5.75 Å². The van der Waals surface area contributed by atoms with Gasteiger partial charge in [0.1, 0.15) is 5.75 Å². The number of rotatable bonds is 5. The molecule has 0 amide bonds. The van der Waals surface area contributed by atoms with Gasteiger partial charge in [0, 0.05) is 6.42 Å². The molecule has 0 aromatic heterocycles. The van der Waals surface area contributed by atoms with Crippen molar-refractivity contribution >= 4 is 0 Å². The Bertz CT molecular complexity index is 381. The zero-order chi connectivity index (χ0) is 13.0.